The minimum atomic E-state index is -1.88. The summed E-state index contributed by atoms with van der Waals surface area (Å²) in [5.41, 5.74) is 19.9. The van der Waals surface area contributed by atoms with E-state index < -0.39 is 16.1 Å². The third-order valence-electron chi connectivity index (χ3n) is 15.8. The van der Waals surface area contributed by atoms with Crippen molar-refractivity contribution in [3.63, 3.8) is 0 Å². The Morgan fingerprint density at radius 2 is 0.738 bits per heavy atom. The molecule has 13 rings (SSSR count). The lowest BCUT2D eigenvalue weighted by molar-refractivity contribution is 0.551. The molecule has 2 aliphatic carbocycles. The van der Waals surface area contributed by atoms with Crippen LogP contribution < -0.4 is 20.7 Å². The van der Waals surface area contributed by atoms with E-state index in [1.165, 1.54) is 120 Å². The number of fused-ring (bicyclic) bond motifs is 13. The van der Waals surface area contributed by atoms with E-state index in [2.05, 4.69) is 196 Å². The Balaban J connectivity index is 1.17. The molecule has 0 saturated heterocycles. The summed E-state index contributed by atoms with van der Waals surface area (Å²) >= 11 is 0. The van der Waals surface area contributed by atoms with Crippen molar-refractivity contribution in [1.29, 1.82) is 0 Å². The van der Waals surface area contributed by atoms with Gasteiger partial charge in [-0.3, -0.25) is 0 Å². The monoisotopic (exact) mass is 812 g/mol. The molecule has 1 spiro atoms. The van der Waals surface area contributed by atoms with Gasteiger partial charge in [-0.05, 0) is 139 Å². The van der Waals surface area contributed by atoms with E-state index in [0.717, 1.165) is 0 Å². The molecule has 0 unspecified atom stereocenters. The maximum Gasteiger partial charge on any atom is 0.113 e. The van der Waals surface area contributed by atoms with Crippen LogP contribution in [0.4, 0.5) is 0 Å². The molecular weight excluding hydrogens is 765 g/mol. The molecule has 9 aromatic carbocycles. The SMILES string of the molecule is C[Si]1(C)c2ccccc2-c2c(-c3cccc4c(-c5cccc6c5C5(CCCC5)c5ccccc5-6)c5cccc(-c6cccc7c6-c6ccccc6[Si]7(C)C)c5cc34)cccc21. The molecule has 0 radical (unpaired) electrons. The minimum absolute atomic E-state index is 0.0343. The van der Waals surface area contributed by atoms with Crippen molar-refractivity contribution in [3.05, 3.63) is 181 Å². The maximum atomic E-state index is 2.59. The number of hydrogen-bond acceptors (Lipinski definition) is 0. The fourth-order valence-electron chi connectivity index (χ4n) is 13.2. The van der Waals surface area contributed by atoms with E-state index in [-0.39, 0.29) is 5.41 Å². The summed E-state index contributed by atoms with van der Waals surface area (Å²) in [7, 11) is -3.77. The van der Waals surface area contributed by atoms with Gasteiger partial charge in [0.1, 0.15) is 16.1 Å². The zero-order valence-electron chi connectivity index (χ0n) is 35.5. The number of rotatable bonds is 3. The van der Waals surface area contributed by atoms with Crippen LogP contribution in [0.5, 0.6) is 0 Å². The molecule has 0 bridgehead atoms. The summed E-state index contributed by atoms with van der Waals surface area (Å²) in [5, 5.41) is 11.6. The third-order valence-corrected chi connectivity index (χ3v) is 22.9. The Morgan fingerprint density at radius 1 is 0.328 bits per heavy atom. The van der Waals surface area contributed by atoms with Gasteiger partial charge in [-0.15, -0.1) is 0 Å². The Labute approximate surface area is 361 Å². The van der Waals surface area contributed by atoms with Gasteiger partial charge in [0.25, 0.3) is 0 Å². The van der Waals surface area contributed by atoms with Crippen molar-refractivity contribution < 1.29 is 0 Å². The molecule has 2 aliphatic heterocycles. The summed E-state index contributed by atoms with van der Waals surface area (Å²) in [6, 6.07) is 66.5. The third kappa shape index (κ3) is 4.59. The van der Waals surface area contributed by atoms with Crippen LogP contribution >= 0.6 is 0 Å². The van der Waals surface area contributed by atoms with E-state index in [9.17, 15) is 0 Å². The lowest BCUT2D eigenvalue weighted by Crippen LogP contribution is -2.49. The molecule has 292 valence electrons. The van der Waals surface area contributed by atoms with Gasteiger partial charge >= 0.3 is 0 Å². The van der Waals surface area contributed by atoms with Gasteiger partial charge in [-0.1, -0.05) is 203 Å². The lowest BCUT2D eigenvalue weighted by atomic mass is 9.73. The Bertz CT molecular complexity index is 3210. The normalized spacial score (nSPS) is 16.7. The number of benzene rings is 9. The lowest BCUT2D eigenvalue weighted by Gasteiger charge is -2.30. The second-order valence-electron chi connectivity index (χ2n) is 19.4. The smallest absolute Gasteiger partial charge is 0.0623 e. The van der Waals surface area contributed by atoms with Crippen molar-refractivity contribution in [2.24, 2.45) is 0 Å². The molecule has 61 heavy (non-hydrogen) atoms. The number of hydrogen-bond donors (Lipinski definition) is 0. The first-order chi connectivity index (χ1) is 29.8. The Morgan fingerprint density at radius 3 is 1.31 bits per heavy atom. The maximum absolute atomic E-state index is 2.59. The molecule has 4 aliphatic rings. The fourth-order valence-corrected chi connectivity index (χ4v) is 19.3. The Hall–Kier alpha value is -6.07. The summed E-state index contributed by atoms with van der Waals surface area (Å²) in [6.45, 7) is 10.2. The average molecular weight is 813 g/mol. The van der Waals surface area contributed by atoms with Crippen molar-refractivity contribution in [3.8, 4) is 66.8 Å². The molecule has 1 fully saturated rings. The van der Waals surface area contributed by atoms with E-state index >= 15 is 0 Å². The largest absolute Gasteiger partial charge is 0.113 e. The van der Waals surface area contributed by atoms with Gasteiger partial charge in [0.15, 0.2) is 0 Å². The van der Waals surface area contributed by atoms with Crippen LogP contribution in [0.15, 0.2) is 170 Å². The predicted octanol–water partition coefficient (Wildman–Crippen LogP) is 13.4. The van der Waals surface area contributed by atoms with Crippen molar-refractivity contribution in [1.82, 2.24) is 0 Å². The van der Waals surface area contributed by atoms with Crippen molar-refractivity contribution in [2.45, 2.75) is 57.3 Å². The highest BCUT2D eigenvalue weighted by Gasteiger charge is 2.47. The van der Waals surface area contributed by atoms with Gasteiger partial charge in [-0.25, -0.2) is 0 Å². The molecule has 1 saturated carbocycles. The second kappa shape index (κ2) is 12.5. The van der Waals surface area contributed by atoms with Crippen molar-refractivity contribution >= 4 is 58.4 Å². The van der Waals surface area contributed by atoms with Gasteiger partial charge in [-0.2, -0.15) is 0 Å². The average Bonchev–Trinajstić information content (AvgIpc) is 4.02. The first-order valence-electron chi connectivity index (χ1n) is 22.5. The van der Waals surface area contributed by atoms with Gasteiger partial charge < -0.3 is 0 Å². The molecule has 0 aromatic heterocycles. The quantitative estimate of drug-likeness (QED) is 0.123. The van der Waals surface area contributed by atoms with Crippen LogP contribution in [0, 0.1) is 0 Å². The highest BCUT2D eigenvalue weighted by atomic mass is 28.3. The van der Waals surface area contributed by atoms with Crippen LogP contribution in [-0.2, 0) is 5.41 Å². The van der Waals surface area contributed by atoms with Crippen LogP contribution in [0.2, 0.25) is 26.2 Å². The molecule has 2 heteroatoms. The first-order valence-corrected chi connectivity index (χ1v) is 28.5. The standard InChI is InChI=1S/C59H48Si2/c1-60(2)51-30-9-6-19-45(51)56-40(25-16-32-53(56)60)37-21-13-23-42-48(37)36-49-38(41-26-17-33-54-57(41)46-20-7-10-31-52(46)61(54,3)4)22-14-24-43(49)55(42)47-28-15-27-44-39-18-5-8-29-50(39)59(58(44)47)34-11-12-35-59/h5-10,13-33,36H,11-12,34-35H2,1-4H3. The molecule has 0 nitrogen and oxygen atoms in total. The predicted molar refractivity (Wildman–Crippen MR) is 267 cm³/mol. The summed E-state index contributed by atoms with van der Waals surface area (Å²) in [6.07, 6.45) is 4.95. The molecular formula is C59H48Si2. The van der Waals surface area contributed by atoms with E-state index in [1.54, 1.807) is 26.3 Å². The van der Waals surface area contributed by atoms with Crippen LogP contribution in [0.3, 0.4) is 0 Å². The zero-order valence-corrected chi connectivity index (χ0v) is 37.5. The van der Waals surface area contributed by atoms with E-state index in [1.807, 2.05) is 0 Å². The van der Waals surface area contributed by atoms with E-state index in [0.29, 0.717) is 0 Å². The van der Waals surface area contributed by atoms with Gasteiger partial charge in [0.2, 0.25) is 0 Å². The summed E-state index contributed by atoms with van der Waals surface area (Å²) in [4.78, 5) is 0. The van der Waals surface area contributed by atoms with Crippen LogP contribution in [-0.4, -0.2) is 16.1 Å². The first kappa shape index (κ1) is 35.7. The summed E-state index contributed by atoms with van der Waals surface area (Å²) < 4.78 is 0. The second-order valence-corrected chi connectivity index (χ2v) is 28.1. The van der Waals surface area contributed by atoms with Gasteiger partial charge in [0, 0.05) is 5.41 Å². The Kier molecular flexibility index (Phi) is 7.31. The van der Waals surface area contributed by atoms with E-state index in [4.69, 9.17) is 0 Å². The molecule has 0 N–H and O–H groups in total. The summed E-state index contributed by atoms with van der Waals surface area (Å²) in [5.74, 6) is 0. The highest BCUT2D eigenvalue weighted by molar-refractivity contribution is 7.04. The fraction of sp³-hybridized carbons (Fsp3) is 0.153. The van der Waals surface area contributed by atoms with Crippen LogP contribution in [0.25, 0.3) is 88.3 Å². The minimum Gasteiger partial charge on any atom is -0.0623 e. The topological polar surface area (TPSA) is 0 Å². The molecule has 0 amide bonds. The van der Waals surface area contributed by atoms with Gasteiger partial charge in [0.05, 0.1) is 0 Å². The van der Waals surface area contributed by atoms with Crippen molar-refractivity contribution in [2.75, 3.05) is 0 Å². The molecule has 0 atom stereocenters. The molecule has 2 heterocycles. The zero-order chi connectivity index (χ0) is 40.8. The molecule has 9 aromatic rings. The highest BCUT2D eigenvalue weighted by Crippen LogP contribution is 2.60. The van der Waals surface area contributed by atoms with Crippen LogP contribution in [0.1, 0.15) is 36.8 Å².